The zero-order valence-electron chi connectivity index (χ0n) is 8.49. The van der Waals surface area contributed by atoms with Gasteiger partial charge in [0.1, 0.15) is 0 Å². The lowest BCUT2D eigenvalue weighted by Gasteiger charge is -2.02. The summed E-state index contributed by atoms with van der Waals surface area (Å²) >= 11 is 0. The molecular formula is C11H16O3. The van der Waals surface area contributed by atoms with Gasteiger partial charge in [-0.2, -0.15) is 0 Å². The highest BCUT2D eigenvalue weighted by atomic mass is 16.5. The topological polar surface area (TPSA) is 35.5 Å². The van der Waals surface area contributed by atoms with Gasteiger partial charge in [0.2, 0.25) is 0 Å². The predicted molar refractivity (Wildman–Crippen MR) is 55.7 cm³/mol. The van der Waals surface area contributed by atoms with E-state index >= 15 is 0 Å². The van der Waals surface area contributed by atoms with Gasteiger partial charge in [0.25, 0.3) is 0 Å². The van der Waals surface area contributed by atoms with Crippen molar-refractivity contribution in [2.24, 2.45) is 0 Å². The molecule has 0 fully saturated rings. The number of hydrogen-bond donors (Lipinski definition) is 0. The summed E-state index contributed by atoms with van der Waals surface area (Å²) < 4.78 is 9.78. The van der Waals surface area contributed by atoms with Crippen LogP contribution in [-0.2, 0) is 14.3 Å². The van der Waals surface area contributed by atoms with Gasteiger partial charge in [-0.15, -0.1) is 6.58 Å². The maximum atomic E-state index is 11.1. The number of esters is 1. The first kappa shape index (κ1) is 12.7. The van der Waals surface area contributed by atoms with Crippen molar-refractivity contribution in [2.45, 2.75) is 13.3 Å². The van der Waals surface area contributed by atoms with Crippen LogP contribution >= 0.6 is 0 Å². The summed E-state index contributed by atoms with van der Waals surface area (Å²) in [5.41, 5.74) is 0.299. The summed E-state index contributed by atoms with van der Waals surface area (Å²) in [6, 6.07) is 0. The molecule has 0 rings (SSSR count). The van der Waals surface area contributed by atoms with Crippen molar-refractivity contribution >= 4 is 5.97 Å². The number of rotatable bonds is 7. The molecule has 0 heterocycles. The van der Waals surface area contributed by atoms with Crippen LogP contribution in [0.3, 0.4) is 0 Å². The number of allylic oxidation sites excluding steroid dienone is 1. The minimum atomic E-state index is -0.459. The third kappa shape index (κ3) is 6.20. The fourth-order valence-corrected chi connectivity index (χ4v) is 0.614. The lowest BCUT2D eigenvalue weighted by atomic mass is 10.3. The molecule has 0 spiro atoms. The number of carbonyl (C=O) groups excluding carboxylic acids is 1. The van der Waals surface area contributed by atoms with E-state index in [0.717, 1.165) is 6.42 Å². The van der Waals surface area contributed by atoms with Crippen LogP contribution in [-0.4, -0.2) is 19.2 Å². The van der Waals surface area contributed by atoms with Gasteiger partial charge in [-0.05, 0) is 12.5 Å². The highest BCUT2D eigenvalue weighted by Crippen LogP contribution is 1.97. The summed E-state index contributed by atoms with van der Waals surface area (Å²) in [6.45, 7) is 9.54. The average molecular weight is 196 g/mol. The molecule has 78 valence electrons. The smallest absolute Gasteiger partial charge is 0.340 e. The van der Waals surface area contributed by atoms with Crippen LogP contribution in [0.15, 0.2) is 37.1 Å². The van der Waals surface area contributed by atoms with Crippen molar-refractivity contribution in [3.05, 3.63) is 37.1 Å². The van der Waals surface area contributed by atoms with Crippen molar-refractivity contribution < 1.29 is 14.3 Å². The quantitative estimate of drug-likeness (QED) is 0.206. The molecular weight excluding hydrogens is 180 g/mol. The van der Waals surface area contributed by atoms with Crippen LogP contribution in [0.4, 0.5) is 0 Å². The van der Waals surface area contributed by atoms with E-state index in [1.165, 1.54) is 6.26 Å². The maximum absolute atomic E-state index is 11.1. The van der Waals surface area contributed by atoms with Gasteiger partial charge in [0.05, 0.1) is 25.0 Å². The minimum absolute atomic E-state index is 0.171. The van der Waals surface area contributed by atoms with Crippen molar-refractivity contribution in [1.29, 1.82) is 0 Å². The zero-order chi connectivity index (χ0) is 10.8. The zero-order valence-corrected chi connectivity index (χ0v) is 8.49. The van der Waals surface area contributed by atoms with E-state index in [-0.39, 0.29) is 6.61 Å². The van der Waals surface area contributed by atoms with E-state index in [0.29, 0.717) is 12.2 Å². The first-order chi connectivity index (χ1) is 6.72. The molecule has 0 amide bonds. The van der Waals surface area contributed by atoms with Crippen molar-refractivity contribution in [1.82, 2.24) is 0 Å². The van der Waals surface area contributed by atoms with Gasteiger partial charge >= 0.3 is 5.97 Å². The molecule has 0 aliphatic carbocycles. The second-order valence-corrected chi connectivity index (χ2v) is 2.59. The lowest BCUT2D eigenvalue weighted by Crippen LogP contribution is -2.09. The second kappa shape index (κ2) is 8.26. The van der Waals surface area contributed by atoms with E-state index in [1.807, 2.05) is 6.92 Å². The monoisotopic (exact) mass is 196 g/mol. The molecule has 3 nitrogen and oxygen atoms in total. The Kier molecular flexibility index (Phi) is 7.46. The summed E-state index contributed by atoms with van der Waals surface area (Å²) in [5.74, 6) is -0.459. The number of carbonyl (C=O) groups is 1. The normalized spacial score (nSPS) is 10.1. The van der Waals surface area contributed by atoms with Crippen LogP contribution in [0.25, 0.3) is 0 Å². The maximum Gasteiger partial charge on any atom is 0.340 e. The Morgan fingerprint density at radius 1 is 1.50 bits per heavy atom. The minimum Gasteiger partial charge on any atom is -0.431 e. The van der Waals surface area contributed by atoms with Gasteiger partial charge < -0.3 is 9.47 Å². The molecule has 0 saturated heterocycles. The standard InChI is InChI=1S/C11H16O3/c1-4-6-8-14-11(12)10(3)9-13-7-5-2/h5-6,8H,2-4,7,9H2,1H3. The van der Waals surface area contributed by atoms with E-state index in [1.54, 1.807) is 12.2 Å². The van der Waals surface area contributed by atoms with Crippen molar-refractivity contribution in [2.75, 3.05) is 13.2 Å². The van der Waals surface area contributed by atoms with Gasteiger partial charge in [-0.1, -0.05) is 19.6 Å². The number of ether oxygens (including phenoxy) is 2. The van der Waals surface area contributed by atoms with Gasteiger partial charge in [0.15, 0.2) is 0 Å². The first-order valence-corrected chi connectivity index (χ1v) is 4.44. The Hall–Kier alpha value is -1.35. The SMILES string of the molecule is C=CCOCC(=C)C(=O)OC=CCC. The predicted octanol–water partition coefficient (Wildman–Crippen LogP) is 2.21. The van der Waals surface area contributed by atoms with Crippen LogP contribution in [0.5, 0.6) is 0 Å². The highest BCUT2D eigenvalue weighted by Gasteiger charge is 2.06. The van der Waals surface area contributed by atoms with Crippen LogP contribution in [0.2, 0.25) is 0 Å². The van der Waals surface area contributed by atoms with E-state index < -0.39 is 5.97 Å². The number of hydrogen-bond acceptors (Lipinski definition) is 3. The van der Waals surface area contributed by atoms with Crippen LogP contribution < -0.4 is 0 Å². The highest BCUT2D eigenvalue weighted by molar-refractivity contribution is 5.88. The van der Waals surface area contributed by atoms with Gasteiger partial charge in [0, 0.05) is 0 Å². The largest absolute Gasteiger partial charge is 0.431 e. The molecule has 0 bridgehead atoms. The Bertz CT molecular complexity index is 229. The first-order valence-electron chi connectivity index (χ1n) is 4.44. The van der Waals surface area contributed by atoms with E-state index in [9.17, 15) is 4.79 Å². The van der Waals surface area contributed by atoms with Crippen molar-refractivity contribution in [3.8, 4) is 0 Å². The van der Waals surface area contributed by atoms with Crippen LogP contribution in [0.1, 0.15) is 13.3 Å². The molecule has 0 aromatic carbocycles. The second-order valence-electron chi connectivity index (χ2n) is 2.59. The fourth-order valence-electron chi connectivity index (χ4n) is 0.614. The summed E-state index contributed by atoms with van der Waals surface area (Å²) in [5, 5.41) is 0. The fraction of sp³-hybridized carbons (Fsp3) is 0.364. The Morgan fingerprint density at radius 3 is 2.79 bits per heavy atom. The lowest BCUT2D eigenvalue weighted by molar-refractivity contribution is -0.134. The molecule has 0 aromatic heterocycles. The Morgan fingerprint density at radius 2 is 2.21 bits per heavy atom. The summed E-state index contributed by atoms with van der Waals surface area (Å²) in [4.78, 5) is 11.1. The molecule has 0 atom stereocenters. The molecule has 0 N–H and O–H groups in total. The molecule has 0 saturated carbocycles. The van der Waals surface area contributed by atoms with Gasteiger partial charge in [-0.25, -0.2) is 4.79 Å². The molecule has 14 heavy (non-hydrogen) atoms. The van der Waals surface area contributed by atoms with Crippen LogP contribution in [0, 0.1) is 0 Å². The third-order valence-corrected chi connectivity index (χ3v) is 1.31. The van der Waals surface area contributed by atoms with E-state index in [2.05, 4.69) is 13.2 Å². The van der Waals surface area contributed by atoms with E-state index in [4.69, 9.17) is 9.47 Å². The van der Waals surface area contributed by atoms with Gasteiger partial charge in [-0.3, -0.25) is 0 Å². The molecule has 0 radical (unpaired) electrons. The van der Waals surface area contributed by atoms with Crippen molar-refractivity contribution in [3.63, 3.8) is 0 Å². The molecule has 0 aliphatic heterocycles. The molecule has 3 heteroatoms. The molecule has 0 aliphatic rings. The molecule has 0 aromatic rings. The Balaban J connectivity index is 3.70. The average Bonchev–Trinajstić information content (AvgIpc) is 2.18. The summed E-state index contributed by atoms with van der Waals surface area (Å²) in [6.07, 6.45) is 5.54. The third-order valence-electron chi connectivity index (χ3n) is 1.31. The summed E-state index contributed by atoms with van der Waals surface area (Å²) in [7, 11) is 0. The molecule has 0 unspecified atom stereocenters. The Labute approximate surface area is 84.7 Å².